The molecule has 0 aliphatic carbocycles. The summed E-state index contributed by atoms with van der Waals surface area (Å²) in [6.07, 6.45) is 0. The molecule has 0 bridgehead atoms. The molecule has 1 unspecified atom stereocenters. The molecule has 7 heteroatoms. The molecule has 0 radical (unpaired) electrons. The third kappa shape index (κ3) is 3.77. The fourth-order valence-electron chi connectivity index (χ4n) is 1.56. The lowest BCUT2D eigenvalue weighted by Gasteiger charge is -2.27. The van der Waals surface area contributed by atoms with Crippen molar-refractivity contribution >= 4 is 16.0 Å². The highest BCUT2D eigenvalue weighted by molar-refractivity contribution is 7.89. The summed E-state index contributed by atoms with van der Waals surface area (Å²) >= 11 is 0. The van der Waals surface area contributed by atoms with Gasteiger partial charge in [-0.05, 0) is 30.0 Å². The van der Waals surface area contributed by atoms with Crippen molar-refractivity contribution in [3.63, 3.8) is 0 Å². The maximum absolute atomic E-state index is 13.4. The number of carboxylic acid groups (broad SMARTS) is 1. The molecule has 0 spiro atoms. The van der Waals surface area contributed by atoms with E-state index in [1.54, 1.807) is 20.8 Å². The zero-order valence-electron chi connectivity index (χ0n) is 11.8. The number of rotatable bonds is 4. The van der Waals surface area contributed by atoms with Crippen LogP contribution in [0.4, 0.5) is 4.39 Å². The van der Waals surface area contributed by atoms with Crippen molar-refractivity contribution in [1.29, 1.82) is 0 Å². The van der Waals surface area contributed by atoms with Crippen molar-refractivity contribution in [3.05, 3.63) is 29.6 Å². The summed E-state index contributed by atoms with van der Waals surface area (Å²) in [4.78, 5) is 10.9. The third-order valence-corrected chi connectivity index (χ3v) is 4.26. The number of aryl methyl sites for hydroxylation is 1. The summed E-state index contributed by atoms with van der Waals surface area (Å²) in [5.41, 5.74) is -0.503. The normalized spacial score (nSPS) is 14.1. The summed E-state index contributed by atoms with van der Waals surface area (Å²) in [5, 5.41) is 9.12. The monoisotopic (exact) mass is 303 g/mol. The Hall–Kier alpha value is -1.47. The lowest BCUT2D eigenvalue weighted by molar-refractivity contribution is -0.141. The molecular formula is C13H18FNO4S. The zero-order chi connectivity index (χ0) is 15.7. The molecule has 0 amide bonds. The van der Waals surface area contributed by atoms with Crippen molar-refractivity contribution in [2.75, 3.05) is 0 Å². The van der Waals surface area contributed by atoms with E-state index in [1.165, 1.54) is 19.1 Å². The second-order valence-corrected chi connectivity index (χ2v) is 7.38. The summed E-state index contributed by atoms with van der Waals surface area (Å²) < 4.78 is 39.8. The number of benzene rings is 1. The van der Waals surface area contributed by atoms with E-state index in [2.05, 4.69) is 4.72 Å². The molecule has 0 aliphatic heterocycles. The molecule has 0 fully saturated rings. The van der Waals surface area contributed by atoms with E-state index in [4.69, 9.17) is 5.11 Å². The van der Waals surface area contributed by atoms with Gasteiger partial charge in [-0.1, -0.05) is 26.8 Å². The molecule has 0 aromatic heterocycles. The van der Waals surface area contributed by atoms with Crippen molar-refractivity contribution in [2.45, 2.75) is 38.6 Å². The number of carboxylic acids is 1. The van der Waals surface area contributed by atoms with Crippen LogP contribution < -0.4 is 4.72 Å². The van der Waals surface area contributed by atoms with Crippen LogP contribution in [0.3, 0.4) is 0 Å². The Morgan fingerprint density at radius 3 is 2.30 bits per heavy atom. The summed E-state index contributed by atoms with van der Waals surface area (Å²) in [6, 6.07) is 2.13. The lowest BCUT2D eigenvalue weighted by atomic mass is 9.88. The van der Waals surface area contributed by atoms with E-state index < -0.39 is 33.3 Å². The first-order valence-electron chi connectivity index (χ1n) is 5.96. The molecule has 2 N–H and O–H groups in total. The molecule has 20 heavy (non-hydrogen) atoms. The Labute approximate surface area is 117 Å². The van der Waals surface area contributed by atoms with Gasteiger partial charge in [0.1, 0.15) is 11.9 Å². The van der Waals surface area contributed by atoms with Crippen molar-refractivity contribution < 1.29 is 22.7 Å². The van der Waals surface area contributed by atoms with Gasteiger partial charge in [0.2, 0.25) is 10.0 Å². The van der Waals surface area contributed by atoms with Gasteiger partial charge in [0.25, 0.3) is 0 Å². The number of hydrogen-bond donors (Lipinski definition) is 2. The maximum Gasteiger partial charge on any atom is 0.322 e. The summed E-state index contributed by atoms with van der Waals surface area (Å²) in [5.74, 6) is -1.94. The summed E-state index contributed by atoms with van der Waals surface area (Å²) in [7, 11) is -4.10. The highest BCUT2D eigenvalue weighted by Gasteiger charge is 2.35. The highest BCUT2D eigenvalue weighted by atomic mass is 32.2. The number of carbonyl (C=O) groups is 1. The second kappa shape index (κ2) is 5.49. The molecule has 112 valence electrons. The standard InChI is InChI=1S/C13H18FNO4S/c1-8-5-6-9(7-10(8)14)20(18,19)15-11(12(16)17)13(2,3)4/h5-7,11,15H,1-4H3,(H,16,17). The quantitative estimate of drug-likeness (QED) is 0.890. The van der Waals surface area contributed by atoms with E-state index in [-0.39, 0.29) is 4.90 Å². The molecule has 0 saturated heterocycles. The van der Waals surface area contributed by atoms with Gasteiger partial charge < -0.3 is 5.11 Å². The molecular weight excluding hydrogens is 285 g/mol. The molecule has 1 aromatic rings. The van der Waals surface area contributed by atoms with Crippen LogP contribution in [0.2, 0.25) is 0 Å². The predicted molar refractivity (Wildman–Crippen MR) is 72.3 cm³/mol. The molecule has 1 atom stereocenters. The van der Waals surface area contributed by atoms with Gasteiger partial charge in [0.05, 0.1) is 4.90 Å². The van der Waals surface area contributed by atoms with Gasteiger partial charge in [-0.2, -0.15) is 4.72 Å². The zero-order valence-corrected chi connectivity index (χ0v) is 12.6. The first-order chi connectivity index (χ1) is 8.95. The maximum atomic E-state index is 13.4. The Bertz CT molecular complexity index is 620. The largest absolute Gasteiger partial charge is 0.480 e. The Morgan fingerprint density at radius 1 is 1.35 bits per heavy atom. The van der Waals surface area contributed by atoms with Crippen molar-refractivity contribution in [3.8, 4) is 0 Å². The van der Waals surface area contributed by atoms with E-state index in [0.29, 0.717) is 5.56 Å². The van der Waals surface area contributed by atoms with Crippen LogP contribution >= 0.6 is 0 Å². The first-order valence-corrected chi connectivity index (χ1v) is 7.45. The topological polar surface area (TPSA) is 83.5 Å². The van der Waals surface area contributed by atoms with E-state index in [9.17, 15) is 17.6 Å². The average molecular weight is 303 g/mol. The minimum Gasteiger partial charge on any atom is -0.480 e. The van der Waals surface area contributed by atoms with Crippen LogP contribution in [0.5, 0.6) is 0 Å². The smallest absolute Gasteiger partial charge is 0.322 e. The van der Waals surface area contributed by atoms with Crippen LogP contribution in [0.25, 0.3) is 0 Å². The van der Waals surface area contributed by atoms with Crippen molar-refractivity contribution in [2.24, 2.45) is 5.41 Å². The lowest BCUT2D eigenvalue weighted by Crippen LogP contribution is -2.48. The Balaban J connectivity index is 3.16. The van der Waals surface area contributed by atoms with E-state index >= 15 is 0 Å². The van der Waals surface area contributed by atoms with Gasteiger partial charge in [0, 0.05) is 0 Å². The SMILES string of the molecule is Cc1ccc(S(=O)(=O)NC(C(=O)O)C(C)(C)C)cc1F. The van der Waals surface area contributed by atoms with Crippen molar-refractivity contribution in [1.82, 2.24) is 4.72 Å². The fraction of sp³-hybridized carbons (Fsp3) is 0.462. The number of sulfonamides is 1. The van der Waals surface area contributed by atoms with Crippen LogP contribution in [-0.2, 0) is 14.8 Å². The minimum absolute atomic E-state index is 0.295. The summed E-state index contributed by atoms with van der Waals surface area (Å²) in [6.45, 7) is 6.31. The van der Waals surface area contributed by atoms with Gasteiger partial charge in [-0.15, -0.1) is 0 Å². The first kappa shape index (κ1) is 16.6. The van der Waals surface area contributed by atoms with E-state index in [0.717, 1.165) is 6.07 Å². The second-order valence-electron chi connectivity index (χ2n) is 5.67. The average Bonchev–Trinajstić information content (AvgIpc) is 2.27. The fourth-order valence-corrected chi connectivity index (χ4v) is 2.97. The Kier molecular flexibility index (Phi) is 4.55. The highest BCUT2D eigenvalue weighted by Crippen LogP contribution is 2.22. The Morgan fingerprint density at radius 2 is 1.90 bits per heavy atom. The molecule has 0 saturated carbocycles. The van der Waals surface area contributed by atoms with Gasteiger partial charge in [0.15, 0.2) is 0 Å². The number of nitrogens with one attached hydrogen (secondary N) is 1. The minimum atomic E-state index is -4.10. The van der Waals surface area contributed by atoms with Crippen LogP contribution in [0, 0.1) is 18.2 Å². The molecule has 1 rings (SSSR count). The number of aliphatic carboxylic acids is 1. The molecule has 5 nitrogen and oxygen atoms in total. The van der Waals surface area contributed by atoms with Gasteiger partial charge in [-0.3, -0.25) is 4.79 Å². The number of hydrogen-bond acceptors (Lipinski definition) is 3. The van der Waals surface area contributed by atoms with Gasteiger partial charge >= 0.3 is 5.97 Å². The predicted octanol–water partition coefficient (Wildman–Crippen LogP) is 1.91. The van der Waals surface area contributed by atoms with Crippen LogP contribution in [-0.4, -0.2) is 25.5 Å². The van der Waals surface area contributed by atoms with E-state index in [1.807, 2.05) is 0 Å². The third-order valence-electron chi connectivity index (χ3n) is 2.84. The van der Waals surface area contributed by atoms with Crippen LogP contribution in [0.1, 0.15) is 26.3 Å². The molecule has 0 aliphatic rings. The number of halogens is 1. The van der Waals surface area contributed by atoms with Gasteiger partial charge in [-0.25, -0.2) is 12.8 Å². The molecule has 0 heterocycles. The molecule has 1 aromatic carbocycles. The van der Waals surface area contributed by atoms with Crippen LogP contribution in [0.15, 0.2) is 23.1 Å².